The van der Waals surface area contributed by atoms with Gasteiger partial charge in [0.15, 0.2) is 0 Å². The summed E-state index contributed by atoms with van der Waals surface area (Å²) in [5.74, 6) is 0. The second kappa shape index (κ2) is 9.65. The van der Waals surface area contributed by atoms with E-state index in [1.165, 1.54) is 5.56 Å². The Hall–Kier alpha value is -2.99. The number of hydrogen-bond donors (Lipinski definition) is 3. The van der Waals surface area contributed by atoms with Crippen LogP contribution in [0.25, 0.3) is 21.9 Å². The molecule has 0 aliphatic carbocycles. The van der Waals surface area contributed by atoms with Gasteiger partial charge in [0.05, 0.1) is 29.5 Å². The van der Waals surface area contributed by atoms with Gasteiger partial charge >= 0.3 is 0 Å². The monoisotopic (exact) mass is 431 g/mol. The predicted molar refractivity (Wildman–Crippen MR) is 128 cm³/mol. The van der Waals surface area contributed by atoms with Crippen LogP contribution in [0.1, 0.15) is 29.5 Å². The summed E-state index contributed by atoms with van der Waals surface area (Å²) < 4.78 is 6.05. The molecule has 0 spiro atoms. The highest BCUT2D eigenvalue weighted by molar-refractivity contribution is 5.90. The third-order valence-electron chi connectivity index (χ3n) is 6.11. The molecule has 0 aliphatic heterocycles. The minimum Gasteiger partial charge on any atom is -0.456 e. The van der Waals surface area contributed by atoms with Gasteiger partial charge in [0, 0.05) is 0 Å². The lowest BCUT2D eigenvalue weighted by atomic mass is 9.93. The molecule has 4 aromatic rings. The number of benzene rings is 3. The third kappa shape index (κ3) is 4.91. The van der Waals surface area contributed by atoms with Crippen LogP contribution in [-0.2, 0) is 19.3 Å². The predicted octanol–water partition coefficient (Wildman–Crippen LogP) is 3.74. The summed E-state index contributed by atoms with van der Waals surface area (Å²) in [5, 5.41) is 19.9. The first-order valence-corrected chi connectivity index (χ1v) is 11.0. The standard InChI is InChI=1S/C27H29NO4/c28-27(17-29,18-30)14-13-21-9-11-22-25(16-21)32-24-12-10-20(15-23(24)26(22)31)8-4-7-19-5-2-1-3-6-19/h1-3,5-6,9-12,15-16,29-30H,4,7-8,13-14,17-18,28H2. The van der Waals surface area contributed by atoms with Gasteiger partial charge in [-0.3, -0.25) is 4.79 Å². The van der Waals surface area contributed by atoms with Gasteiger partial charge in [-0.25, -0.2) is 0 Å². The molecule has 0 atom stereocenters. The van der Waals surface area contributed by atoms with Crippen molar-refractivity contribution in [3.05, 3.63) is 93.6 Å². The number of hydrogen-bond acceptors (Lipinski definition) is 5. The van der Waals surface area contributed by atoms with E-state index in [4.69, 9.17) is 10.2 Å². The van der Waals surface area contributed by atoms with Crippen molar-refractivity contribution in [1.82, 2.24) is 0 Å². The lowest BCUT2D eigenvalue weighted by Gasteiger charge is -2.24. The number of rotatable bonds is 9. The average Bonchev–Trinajstić information content (AvgIpc) is 2.83. The topological polar surface area (TPSA) is 96.7 Å². The van der Waals surface area contributed by atoms with E-state index in [0.717, 1.165) is 30.4 Å². The van der Waals surface area contributed by atoms with Crippen molar-refractivity contribution in [3.63, 3.8) is 0 Å². The van der Waals surface area contributed by atoms with E-state index >= 15 is 0 Å². The van der Waals surface area contributed by atoms with Crippen molar-refractivity contribution in [3.8, 4) is 0 Å². The molecule has 1 aromatic heterocycles. The fourth-order valence-electron chi connectivity index (χ4n) is 4.00. The molecule has 166 valence electrons. The molecule has 0 unspecified atom stereocenters. The second-order valence-electron chi connectivity index (χ2n) is 8.61. The first-order chi connectivity index (χ1) is 15.5. The lowest BCUT2D eigenvalue weighted by Crippen LogP contribution is -2.47. The van der Waals surface area contributed by atoms with Crippen LogP contribution in [0, 0.1) is 0 Å². The summed E-state index contributed by atoms with van der Waals surface area (Å²) in [7, 11) is 0. The summed E-state index contributed by atoms with van der Waals surface area (Å²) in [6.45, 7) is -0.574. The van der Waals surface area contributed by atoms with Crippen LogP contribution < -0.4 is 11.2 Å². The van der Waals surface area contributed by atoms with Crippen LogP contribution in [0.2, 0.25) is 0 Å². The van der Waals surface area contributed by atoms with E-state index in [-0.39, 0.29) is 18.6 Å². The minimum absolute atomic E-state index is 0.0309. The summed E-state index contributed by atoms with van der Waals surface area (Å²) >= 11 is 0. The van der Waals surface area contributed by atoms with Gasteiger partial charge in [0.2, 0.25) is 5.43 Å². The molecule has 0 radical (unpaired) electrons. The number of fused-ring (bicyclic) bond motifs is 2. The molecular formula is C27H29NO4. The Labute approximate surface area is 187 Å². The molecule has 32 heavy (non-hydrogen) atoms. The first kappa shape index (κ1) is 22.2. The maximum atomic E-state index is 13.1. The van der Waals surface area contributed by atoms with Crippen LogP contribution in [0.4, 0.5) is 0 Å². The molecule has 4 rings (SSSR count). The van der Waals surface area contributed by atoms with Crippen molar-refractivity contribution >= 4 is 21.9 Å². The van der Waals surface area contributed by atoms with Crippen LogP contribution in [0.5, 0.6) is 0 Å². The molecule has 0 bridgehead atoms. The quantitative estimate of drug-likeness (QED) is 0.351. The molecule has 0 saturated heterocycles. The smallest absolute Gasteiger partial charge is 0.200 e. The average molecular weight is 432 g/mol. The van der Waals surface area contributed by atoms with Gasteiger partial charge in [-0.15, -0.1) is 0 Å². The number of aliphatic hydroxyl groups is 2. The normalized spacial score (nSPS) is 12.0. The number of aryl methyl sites for hydroxylation is 3. The van der Waals surface area contributed by atoms with Crippen molar-refractivity contribution < 1.29 is 14.6 Å². The van der Waals surface area contributed by atoms with Crippen LogP contribution in [-0.4, -0.2) is 29.0 Å². The van der Waals surface area contributed by atoms with Crippen molar-refractivity contribution in [2.24, 2.45) is 5.73 Å². The van der Waals surface area contributed by atoms with Crippen LogP contribution >= 0.6 is 0 Å². The fraction of sp³-hybridized carbons (Fsp3) is 0.296. The molecule has 1 heterocycles. The van der Waals surface area contributed by atoms with Gasteiger partial charge in [-0.1, -0.05) is 42.5 Å². The van der Waals surface area contributed by atoms with Crippen molar-refractivity contribution in [2.75, 3.05) is 13.2 Å². The van der Waals surface area contributed by atoms with E-state index in [1.54, 1.807) is 6.07 Å². The second-order valence-corrected chi connectivity index (χ2v) is 8.61. The Morgan fingerprint density at radius 2 is 1.44 bits per heavy atom. The van der Waals surface area contributed by atoms with Gasteiger partial charge in [0.1, 0.15) is 11.2 Å². The SMILES string of the molecule is NC(CO)(CO)CCc1ccc2c(=O)c3cc(CCCc4ccccc4)ccc3oc2c1. The third-order valence-corrected chi connectivity index (χ3v) is 6.11. The highest BCUT2D eigenvalue weighted by Gasteiger charge is 2.22. The summed E-state index contributed by atoms with van der Waals surface area (Å²) in [6.07, 6.45) is 3.91. The molecule has 0 aliphatic rings. The maximum absolute atomic E-state index is 13.1. The molecule has 5 nitrogen and oxygen atoms in total. The lowest BCUT2D eigenvalue weighted by molar-refractivity contribution is 0.115. The Morgan fingerprint density at radius 3 is 2.19 bits per heavy atom. The zero-order chi connectivity index (χ0) is 22.6. The van der Waals surface area contributed by atoms with Gasteiger partial charge in [-0.05, 0) is 73.1 Å². The summed E-state index contributed by atoms with van der Waals surface area (Å²) in [4.78, 5) is 13.1. The van der Waals surface area contributed by atoms with E-state index in [0.29, 0.717) is 34.8 Å². The molecule has 0 fully saturated rings. The van der Waals surface area contributed by atoms with Crippen molar-refractivity contribution in [2.45, 2.75) is 37.6 Å². The van der Waals surface area contributed by atoms with E-state index in [1.807, 2.05) is 36.4 Å². The van der Waals surface area contributed by atoms with Gasteiger partial charge in [0.25, 0.3) is 0 Å². The van der Waals surface area contributed by atoms with E-state index in [9.17, 15) is 15.0 Å². The van der Waals surface area contributed by atoms with Crippen LogP contribution in [0.3, 0.4) is 0 Å². The number of nitrogens with two attached hydrogens (primary N) is 1. The molecule has 0 amide bonds. The summed E-state index contributed by atoms with van der Waals surface area (Å²) in [5.41, 5.74) is 9.41. The minimum atomic E-state index is -1.02. The van der Waals surface area contributed by atoms with Gasteiger partial charge < -0.3 is 20.4 Å². The fourth-order valence-corrected chi connectivity index (χ4v) is 4.00. The van der Waals surface area contributed by atoms with E-state index in [2.05, 4.69) is 24.3 Å². The highest BCUT2D eigenvalue weighted by Crippen LogP contribution is 2.23. The molecule has 0 saturated carbocycles. The van der Waals surface area contributed by atoms with Crippen LogP contribution in [0.15, 0.2) is 75.9 Å². The molecular weight excluding hydrogens is 402 g/mol. The Morgan fingerprint density at radius 1 is 0.750 bits per heavy atom. The highest BCUT2D eigenvalue weighted by atomic mass is 16.3. The zero-order valence-corrected chi connectivity index (χ0v) is 18.1. The Balaban J connectivity index is 1.54. The Kier molecular flexibility index (Phi) is 6.70. The Bertz CT molecular complexity index is 1260. The molecule has 4 N–H and O–H groups in total. The van der Waals surface area contributed by atoms with E-state index < -0.39 is 5.54 Å². The summed E-state index contributed by atoms with van der Waals surface area (Å²) in [6, 6.07) is 21.8. The largest absolute Gasteiger partial charge is 0.456 e. The molecule has 5 heteroatoms. The zero-order valence-electron chi connectivity index (χ0n) is 18.1. The van der Waals surface area contributed by atoms with Gasteiger partial charge in [-0.2, -0.15) is 0 Å². The molecule has 3 aromatic carbocycles. The van der Waals surface area contributed by atoms with Crippen molar-refractivity contribution in [1.29, 1.82) is 0 Å². The number of aliphatic hydroxyl groups excluding tert-OH is 2. The first-order valence-electron chi connectivity index (χ1n) is 11.0. The maximum Gasteiger partial charge on any atom is 0.200 e.